The van der Waals surface area contributed by atoms with Gasteiger partial charge in [0.15, 0.2) is 0 Å². The molecule has 0 spiro atoms. The molecule has 1 aromatic heterocycles. The van der Waals surface area contributed by atoms with Gasteiger partial charge in [0.1, 0.15) is 0 Å². The minimum atomic E-state index is 1.18. The molecule has 0 amide bonds. The van der Waals surface area contributed by atoms with E-state index in [1.165, 1.54) is 16.6 Å². The zero-order valence-corrected chi connectivity index (χ0v) is 8.99. The molecule has 0 N–H and O–H groups in total. The predicted octanol–water partition coefficient (Wildman–Crippen LogP) is 3.21. The van der Waals surface area contributed by atoms with Gasteiger partial charge in [0, 0.05) is 23.6 Å². The lowest BCUT2D eigenvalue weighted by Gasteiger charge is -1.97. The first-order valence-electron chi connectivity index (χ1n) is 4.96. The van der Waals surface area contributed by atoms with Crippen molar-refractivity contribution in [3.63, 3.8) is 0 Å². The summed E-state index contributed by atoms with van der Waals surface area (Å²) in [6, 6.07) is 10.5. The molecule has 0 unspecified atom stereocenters. The number of hydrogen-bond acceptors (Lipinski definition) is 0. The summed E-state index contributed by atoms with van der Waals surface area (Å²) in [6.45, 7) is 1.84. The molecule has 2 rings (SSSR count). The van der Waals surface area contributed by atoms with E-state index in [1.54, 1.807) is 0 Å². The van der Waals surface area contributed by atoms with Crippen LogP contribution in [0.5, 0.6) is 0 Å². The summed E-state index contributed by atoms with van der Waals surface area (Å²) in [6.07, 6.45) is 3.92. The largest absolute Gasteiger partial charge is 0.344 e. The number of para-hydroxylation sites is 1. The lowest BCUT2D eigenvalue weighted by molar-refractivity contribution is 0.955. The first-order chi connectivity index (χ1) is 7.33. The zero-order valence-electron chi connectivity index (χ0n) is 8.99. The first-order valence-corrected chi connectivity index (χ1v) is 4.96. The number of aromatic nitrogens is 1. The number of nitrogens with zero attached hydrogens (tertiary/aromatic N) is 1. The molecule has 74 valence electrons. The van der Waals surface area contributed by atoms with Gasteiger partial charge in [-0.3, -0.25) is 0 Å². The van der Waals surface area contributed by atoms with E-state index in [-0.39, 0.29) is 0 Å². The van der Waals surface area contributed by atoms with E-state index in [0.717, 1.165) is 0 Å². The summed E-state index contributed by atoms with van der Waals surface area (Å²) in [7, 11) is 2.07. The Hall–Kier alpha value is -1.94. The van der Waals surface area contributed by atoms with Gasteiger partial charge in [0.05, 0.1) is 0 Å². The molecule has 0 saturated heterocycles. The van der Waals surface area contributed by atoms with Crippen molar-refractivity contribution in [2.75, 3.05) is 0 Å². The number of allylic oxidation sites excluding steroid dienone is 1. The Bertz CT molecular complexity index is 562. The van der Waals surface area contributed by atoms with Crippen LogP contribution in [0.15, 0.2) is 36.4 Å². The Morgan fingerprint density at radius 2 is 2.07 bits per heavy atom. The van der Waals surface area contributed by atoms with Crippen LogP contribution in [0.1, 0.15) is 12.6 Å². The van der Waals surface area contributed by atoms with E-state index < -0.39 is 0 Å². The van der Waals surface area contributed by atoms with Crippen LogP contribution in [0.4, 0.5) is 0 Å². The molecule has 1 aromatic carbocycles. The lowest BCUT2D eigenvalue weighted by atomic mass is 10.2. The second-order valence-electron chi connectivity index (χ2n) is 3.41. The Kier molecular flexibility index (Phi) is 2.60. The van der Waals surface area contributed by atoms with Gasteiger partial charge < -0.3 is 4.57 Å². The van der Waals surface area contributed by atoms with E-state index in [9.17, 15) is 0 Å². The molecule has 0 saturated carbocycles. The van der Waals surface area contributed by atoms with Crippen LogP contribution < -0.4 is 0 Å². The van der Waals surface area contributed by atoms with Crippen molar-refractivity contribution in [2.24, 2.45) is 7.05 Å². The second-order valence-corrected chi connectivity index (χ2v) is 3.41. The molecular formula is C14H13N. The van der Waals surface area contributed by atoms with Crippen molar-refractivity contribution in [1.82, 2.24) is 4.57 Å². The highest BCUT2D eigenvalue weighted by atomic mass is 14.9. The average Bonchev–Trinajstić information content (AvgIpc) is 2.57. The summed E-state index contributed by atoms with van der Waals surface area (Å²) in [5, 5.41) is 1.27. The average molecular weight is 195 g/mol. The highest BCUT2D eigenvalue weighted by Crippen LogP contribution is 2.18. The van der Waals surface area contributed by atoms with Crippen LogP contribution in [-0.2, 0) is 7.05 Å². The Morgan fingerprint density at radius 1 is 1.27 bits per heavy atom. The van der Waals surface area contributed by atoms with Gasteiger partial charge in [0.25, 0.3) is 0 Å². The van der Waals surface area contributed by atoms with Crippen molar-refractivity contribution in [2.45, 2.75) is 6.92 Å². The fraction of sp³-hybridized carbons (Fsp3) is 0.143. The van der Waals surface area contributed by atoms with Gasteiger partial charge in [-0.05, 0) is 31.2 Å². The van der Waals surface area contributed by atoms with Gasteiger partial charge in [-0.2, -0.15) is 0 Å². The maximum absolute atomic E-state index is 2.92. The summed E-state index contributed by atoms with van der Waals surface area (Å²) >= 11 is 0. The van der Waals surface area contributed by atoms with Crippen LogP contribution in [0.2, 0.25) is 0 Å². The number of rotatable bonds is 1. The lowest BCUT2D eigenvalue weighted by Crippen LogP contribution is -1.88. The van der Waals surface area contributed by atoms with E-state index in [2.05, 4.69) is 53.8 Å². The molecule has 1 heteroatoms. The van der Waals surface area contributed by atoms with Crippen LogP contribution in [0.3, 0.4) is 0 Å². The maximum Gasteiger partial charge on any atom is 0.0482 e. The van der Waals surface area contributed by atoms with Crippen LogP contribution >= 0.6 is 0 Å². The highest BCUT2D eigenvalue weighted by Gasteiger charge is 2.00. The van der Waals surface area contributed by atoms with Gasteiger partial charge >= 0.3 is 0 Å². The predicted molar refractivity (Wildman–Crippen MR) is 65.4 cm³/mol. The van der Waals surface area contributed by atoms with Gasteiger partial charge in [-0.25, -0.2) is 0 Å². The molecule has 0 aliphatic heterocycles. The minimum Gasteiger partial charge on any atom is -0.344 e. The number of aryl methyl sites for hydroxylation is 1. The fourth-order valence-corrected chi connectivity index (χ4v) is 1.68. The highest BCUT2D eigenvalue weighted by molar-refractivity contribution is 5.83. The first kappa shape index (κ1) is 9.61. The van der Waals surface area contributed by atoms with Crippen molar-refractivity contribution < 1.29 is 0 Å². The van der Waals surface area contributed by atoms with Gasteiger partial charge in [-0.15, -0.1) is 5.92 Å². The van der Waals surface area contributed by atoms with Crippen LogP contribution in [-0.4, -0.2) is 4.57 Å². The van der Waals surface area contributed by atoms with Crippen LogP contribution in [0.25, 0.3) is 17.0 Å². The van der Waals surface area contributed by atoms with E-state index in [1.807, 2.05) is 19.1 Å². The molecule has 1 heterocycles. The van der Waals surface area contributed by atoms with Crippen molar-refractivity contribution in [3.05, 3.63) is 42.1 Å². The molecule has 0 aliphatic carbocycles. The Labute approximate surface area is 90.0 Å². The molecule has 0 fully saturated rings. The van der Waals surface area contributed by atoms with Gasteiger partial charge in [-0.1, -0.05) is 24.1 Å². The minimum absolute atomic E-state index is 1.18. The standard InChI is InChI=1S/C14H13N/c1-3-4-5-9-13-11-12-8-6-7-10-14(12)15(13)2/h5-11H,1-2H3/b9-5+. The summed E-state index contributed by atoms with van der Waals surface area (Å²) < 4.78 is 2.17. The number of fused-ring (bicyclic) bond motifs is 1. The quantitative estimate of drug-likeness (QED) is 0.616. The van der Waals surface area contributed by atoms with E-state index >= 15 is 0 Å². The third-order valence-electron chi connectivity index (χ3n) is 2.47. The summed E-state index contributed by atoms with van der Waals surface area (Å²) in [5.41, 5.74) is 2.43. The van der Waals surface area contributed by atoms with Crippen LogP contribution in [0, 0.1) is 11.8 Å². The zero-order chi connectivity index (χ0) is 10.7. The number of hydrogen-bond donors (Lipinski definition) is 0. The second kappa shape index (κ2) is 4.06. The maximum atomic E-state index is 2.92. The monoisotopic (exact) mass is 195 g/mol. The topological polar surface area (TPSA) is 4.93 Å². The molecule has 2 aromatic rings. The smallest absolute Gasteiger partial charge is 0.0482 e. The summed E-state index contributed by atoms with van der Waals surface area (Å²) in [4.78, 5) is 0. The third-order valence-corrected chi connectivity index (χ3v) is 2.47. The normalized spacial score (nSPS) is 10.5. The molecule has 15 heavy (non-hydrogen) atoms. The molecular weight excluding hydrogens is 182 g/mol. The third kappa shape index (κ3) is 1.80. The van der Waals surface area contributed by atoms with Gasteiger partial charge in [0.2, 0.25) is 0 Å². The van der Waals surface area contributed by atoms with Crippen molar-refractivity contribution in [3.8, 4) is 11.8 Å². The molecule has 0 bridgehead atoms. The molecule has 0 atom stereocenters. The summed E-state index contributed by atoms with van der Waals surface area (Å²) in [5.74, 6) is 5.77. The Balaban J connectivity index is 2.52. The Morgan fingerprint density at radius 3 is 2.80 bits per heavy atom. The molecule has 1 nitrogen and oxygen atoms in total. The molecule has 0 radical (unpaired) electrons. The van der Waals surface area contributed by atoms with E-state index in [4.69, 9.17) is 0 Å². The fourth-order valence-electron chi connectivity index (χ4n) is 1.68. The van der Waals surface area contributed by atoms with Crippen molar-refractivity contribution in [1.29, 1.82) is 0 Å². The molecule has 0 aliphatic rings. The van der Waals surface area contributed by atoms with E-state index in [0.29, 0.717) is 0 Å². The van der Waals surface area contributed by atoms with Crippen molar-refractivity contribution >= 4 is 17.0 Å². The number of benzene rings is 1. The SMILES string of the molecule is CC#C/C=C/c1cc2ccccc2n1C.